The minimum absolute atomic E-state index is 0.132. The lowest BCUT2D eigenvalue weighted by Gasteiger charge is -2.18. The van der Waals surface area contributed by atoms with E-state index in [0.29, 0.717) is 19.3 Å². The average molecular weight is 980 g/mol. The van der Waals surface area contributed by atoms with Crippen LogP contribution in [0.25, 0.3) is 0 Å². The zero-order valence-electron chi connectivity index (χ0n) is 45.4. The van der Waals surface area contributed by atoms with E-state index in [1.807, 2.05) is 12.2 Å². The SMILES string of the molecule is CC/C=C\C/C=C\C/C=C\C/C=C\C/C=C\C/C=C\CCC(=O)OC[C@H](COC(=O)CCCCCCCCC/C=C\CCCCCCCC)OC(=O)CCC/C=C\C/C=C\C/C=C\C/C=C\C/C=C\CC. The molecule has 0 aromatic heterocycles. The molecule has 0 aliphatic heterocycles. The van der Waals surface area contributed by atoms with Crippen molar-refractivity contribution in [2.45, 2.75) is 232 Å². The summed E-state index contributed by atoms with van der Waals surface area (Å²) in [6.07, 6.45) is 82.8. The Kier molecular flexibility index (Phi) is 54.0. The van der Waals surface area contributed by atoms with Crippen molar-refractivity contribution in [3.8, 4) is 0 Å². The standard InChI is InChI=1S/C65H102O6/c1-4-7-10-13-16-19-22-25-28-31-32-35-37-40-43-46-49-52-55-58-64(67)70-61-62(71-65(68)59-56-53-50-47-44-41-38-34-30-27-24-21-18-15-12-9-6-3)60-69-63(66)57-54-51-48-45-42-39-36-33-29-26-23-20-17-14-11-8-5-2/h7,9-10,12,16,18-19,21,25-30,32,35,38,40-41,43,47,49-50,52,62H,4-6,8,11,13-15,17,20,22-24,31,33-34,36-37,39,42,44-46,48,51,53-61H2,1-3H3/b10-7-,12-9-,19-16-,21-18-,28-25-,29-26-,30-27-,35-32-,41-38-,43-40-,50-47-,52-49-/t62-/m0/s1. The normalized spacial score (nSPS) is 13.2. The largest absolute Gasteiger partial charge is 0.462 e. The van der Waals surface area contributed by atoms with E-state index in [2.05, 4.69) is 154 Å². The maximum atomic E-state index is 12.8. The first-order chi connectivity index (χ1) is 35.0. The van der Waals surface area contributed by atoms with Crippen LogP contribution >= 0.6 is 0 Å². The number of allylic oxidation sites excluding steroid dienone is 24. The second-order valence-electron chi connectivity index (χ2n) is 18.1. The average Bonchev–Trinajstić information content (AvgIpc) is 3.37. The van der Waals surface area contributed by atoms with Gasteiger partial charge in [0.1, 0.15) is 13.2 Å². The van der Waals surface area contributed by atoms with Gasteiger partial charge in [-0.15, -0.1) is 0 Å². The minimum Gasteiger partial charge on any atom is -0.462 e. The van der Waals surface area contributed by atoms with Crippen LogP contribution in [0.4, 0.5) is 0 Å². The van der Waals surface area contributed by atoms with E-state index in [0.717, 1.165) is 96.3 Å². The number of carbonyl (C=O) groups is 3. The molecule has 0 heterocycles. The molecular formula is C65H102O6. The van der Waals surface area contributed by atoms with Crippen molar-refractivity contribution in [1.29, 1.82) is 0 Å². The quantitative estimate of drug-likeness (QED) is 0.0262. The maximum absolute atomic E-state index is 12.8. The predicted octanol–water partition coefficient (Wildman–Crippen LogP) is 19.2. The number of rotatable bonds is 49. The van der Waals surface area contributed by atoms with Crippen LogP contribution in [0.5, 0.6) is 0 Å². The molecule has 0 aromatic rings. The molecule has 0 amide bonds. The molecule has 0 N–H and O–H groups in total. The lowest BCUT2D eigenvalue weighted by Crippen LogP contribution is -2.30. The monoisotopic (exact) mass is 979 g/mol. The van der Waals surface area contributed by atoms with Gasteiger partial charge in [-0.1, -0.05) is 231 Å². The van der Waals surface area contributed by atoms with E-state index >= 15 is 0 Å². The van der Waals surface area contributed by atoms with Gasteiger partial charge in [0.05, 0.1) is 0 Å². The van der Waals surface area contributed by atoms with Crippen molar-refractivity contribution >= 4 is 17.9 Å². The summed E-state index contributed by atoms with van der Waals surface area (Å²) in [4.78, 5) is 38.1. The van der Waals surface area contributed by atoms with E-state index in [9.17, 15) is 14.4 Å². The highest BCUT2D eigenvalue weighted by Gasteiger charge is 2.19. The second kappa shape index (κ2) is 57.9. The summed E-state index contributed by atoms with van der Waals surface area (Å²) in [5.41, 5.74) is 0. The van der Waals surface area contributed by atoms with Crippen LogP contribution in [-0.4, -0.2) is 37.2 Å². The predicted molar refractivity (Wildman–Crippen MR) is 306 cm³/mol. The Balaban J connectivity index is 4.62. The maximum Gasteiger partial charge on any atom is 0.306 e. The van der Waals surface area contributed by atoms with E-state index < -0.39 is 12.1 Å². The lowest BCUT2D eigenvalue weighted by atomic mass is 10.1. The Morgan fingerprint density at radius 2 is 0.592 bits per heavy atom. The molecule has 0 aliphatic carbocycles. The van der Waals surface area contributed by atoms with Gasteiger partial charge in [0.25, 0.3) is 0 Å². The fraction of sp³-hybridized carbons (Fsp3) is 0.585. The highest BCUT2D eigenvalue weighted by Crippen LogP contribution is 2.13. The molecule has 398 valence electrons. The van der Waals surface area contributed by atoms with Crippen LogP contribution in [-0.2, 0) is 28.6 Å². The van der Waals surface area contributed by atoms with Crippen LogP contribution < -0.4 is 0 Å². The molecule has 0 spiro atoms. The van der Waals surface area contributed by atoms with Crippen LogP contribution in [0.15, 0.2) is 146 Å². The topological polar surface area (TPSA) is 78.9 Å². The molecule has 71 heavy (non-hydrogen) atoms. The third-order valence-electron chi connectivity index (χ3n) is 11.3. The smallest absolute Gasteiger partial charge is 0.306 e. The zero-order chi connectivity index (χ0) is 51.4. The van der Waals surface area contributed by atoms with Gasteiger partial charge in [-0.2, -0.15) is 0 Å². The molecule has 0 saturated heterocycles. The van der Waals surface area contributed by atoms with Gasteiger partial charge < -0.3 is 14.2 Å². The molecule has 1 atom stereocenters. The molecule has 0 aromatic carbocycles. The Labute approximate surface area is 436 Å². The van der Waals surface area contributed by atoms with E-state index in [1.165, 1.54) is 77.0 Å². The molecule has 0 fully saturated rings. The molecule has 0 aliphatic rings. The number of hydrogen-bond acceptors (Lipinski definition) is 6. The Bertz CT molecular complexity index is 1590. The van der Waals surface area contributed by atoms with Gasteiger partial charge in [0.15, 0.2) is 6.10 Å². The Hall–Kier alpha value is -4.71. The zero-order valence-corrected chi connectivity index (χ0v) is 45.4. The highest BCUT2D eigenvalue weighted by atomic mass is 16.6. The van der Waals surface area contributed by atoms with Gasteiger partial charge in [-0.05, 0) is 122 Å². The molecule has 0 unspecified atom stereocenters. The van der Waals surface area contributed by atoms with E-state index in [4.69, 9.17) is 14.2 Å². The molecule has 0 rings (SSSR count). The van der Waals surface area contributed by atoms with Crippen LogP contribution in [0.2, 0.25) is 0 Å². The molecule has 0 radical (unpaired) electrons. The Morgan fingerprint density at radius 1 is 0.296 bits per heavy atom. The first kappa shape index (κ1) is 66.3. The van der Waals surface area contributed by atoms with Gasteiger partial charge >= 0.3 is 17.9 Å². The van der Waals surface area contributed by atoms with Crippen LogP contribution in [0.1, 0.15) is 226 Å². The third kappa shape index (κ3) is 56.1. The summed E-state index contributed by atoms with van der Waals surface area (Å²) in [6, 6.07) is 0. The number of ether oxygens (including phenoxy) is 3. The van der Waals surface area contributed by atoms with Gasteiger partial charge in [0.2, 0.25) is 0 Å². The van der Waals surface area contributed by atoms with Crippen molar-refractivity contribution in [1.82, 2.24) is 0 Å². The minimum atomic E-state index is -0.847. The number of carbonyl (C=O) groups excluding carboxylic acids is 3. The summed E-state index contributed by atoms with van der Waals surface area (Å²) in [5, 5.41) is 0. The lowest BCUT2D eigenvalue weighted by molar-refractivity contribution is -0.166. The number of esters is 3. The molecule has 0 saturated carbocycles. The fourth-order valence-electron chi connectivity index (χ4n) is 7.14. The van der Waals surface area contributed by atoms with Crippen molar-refractivity contribution in [2.24, 2.45) is 0 Å². The summed E-state index contributed by atoms with van der Waals surface area (Å²) < 4.78 is 16.7. The molecule has 6 heteroatoms. The van der Waals surface area contributed by atoms with Crippen molar-refractivity contribution in [3.63, 3.8) is 0 Å². The number of unbranched alkanes of at least 4 members (excludes halogenated alkanes) is 14. The number of hydrogen-bond donors (Lipinski definition) is 0. The van der Waals surface area contributed by atoms with Gasteiger partial charge in [-0.25, -0.2) is 0 Å². The molecule has 6 nitrogen and oxygen atoms in total. The Morgan fingerprint density at radius 3 is 1.00 bits per heavy atom. The summed E-state index contributed by atoms with van der Waals surface area (Å²) in [7, 11) is 0. The van der Waals surface area contributed by atoms with Crippen molar-refractivity contribution < 1.29 is 28.6 Å². The molecular weight excluding hydrogens is 877 g/mol. The van der Waals surface area contributed by atoms with Crippen molar-refractivity contribution in [2.75, 3.05) is 13.2 Å². The van der Waals surface area contributed by atoms with E-state index in [-0.39, 0.29) is 38.0 Å². The van der Waals surface area contributed by atoms with Crippen molar-refractivity contribution in [3.05, 3.63) is 146 Å². The first-order valence-corrected chi connectivity index (χ1v) is 28.3. The van der Waals surface area contributed by atoms with Crippen LogP contribution in [0, 0.1) is 0 Å². The van der Waals surface area contributed by atoms with Gasteiger partial charge in [-0.3, -0.25) is 14.4 Å². The third-order valence-corrected chi connectivity index (χ3v) is 11.3. The molecule has 0 bridgehead atoms. The second-order valence-corrected chi connectivity index (χ2v) is 18.1. The summed E-state index contributed by atoms with van der Waals surface area (Å²) >= 11 is 0. The highest BCUT2D eigenvalue weighted by molar-refractivity contribution is 5.71. The first-order valence-electron chi connectivity index (χ1n) is 28.3. The van der Waals surface area contributed by atoms with Gasteiger partial charge in [0, 0.05) is 19.3 Å². The van der Waals surface area contributed by atoms with Crippen LogP contribution in [0.3, 0.4) is 0 Å². The summed E-state index contributed by atoms with van der Waals surface area (Å²) in [6.45, 7) is 6.28. The van der Waals surface area contributed by atoms with E-state index in [1.54, 1.807) is 0 Å². The summed E-state index contributed by atoms with van der Waals surface area (Å²) in [5.74, 6) is -1.09. The fourth-order valence-corrected chi connectivity index (χ4v) is 7.14.